The molecule has 0 aliphatic carbocycles. The molecule has 0 atom stereocenters. The molecular formula is C12H10BrNO3S. The first-order valence-corrected chi connectivity index (χ1v) is 6.71. The van der Waals surface area contributed by atoms with Crippen molar-refractivity contribution in [3.8, 4) is 10.6 Å². The zero-order valence-electron chi connectivity index (χ0n) is 9.51. The molecule has 1 heterocycles. The van der Waals surface area contributed by atoms with Gasteiger partial charge in [-0.25, -0.2) is 9.78 Å². The molecule has 1 N–H and O–H groups in total. The van der Waals surface area contributed by atoms with E-state index in [1.165, 1.54) is 7.11 Å². The van der Waals surface area contributed by atoms with Gasteiger partial charge in [-0.1, -0.05) is 34.1 Å². The van der Waals surface area contributed by atoms with Crippen molar-refractivity contribution in [2.75, 3.05) is 7.11 Å². The van der Waals surface area contributed by atoms with Crippen LogP contribution in [0.2, 0.25) is 0 Å². The van der Waals surface area contributed by atoms with E-state index >= 15 is 0 Å². The van der Waals surface area contributed by atoms with E-state index in [-0.39, 0.29) is 11.5 Å². The van der Waals surface area contributed by atoms with Crippen molar-refractivity contribution in [2.45, 2.75) is 6.61 Å². The second-order valence-electron chi connectivity index (χ2n) is 3.51. The first kappa shape index (κ1) is 13.2. The number of methoxy groups -OCH3 is 1. The molecule has 0 aliphatic heterocycles. The summed E-state index contributed by atoms with van der Waals surface area (Å²) in [4.78, 5) is 15.7. The summed E-state index contributed by atoms with van der Waals surface area (Å²) in [5.74, 6) is -0.974. The zero-order chi connectivity index (χ0) is 13.1. The van der Waals surface area contributed by atoms with Gasteiger partial charge in [-0.05, 0) is 6.07 Å². The van der Waals surface area contributed by atoms with Crippen molar-refractivity contribution >= 4 is 33.2 Å². The standard InChI is InChI=1S/C12H10BrNO3S/c1-17-6-9-10(12(15)16)18-11(14-9)7-4-2-3-5-8(7)13/h2-5H,6H2,1H3,(H,15,16). The van der Waals surface area contributed by atoms with Crippen LogP contribution >= 0.6 is 27.3 Å². The Morgan fingerprint density at radius 2 is 2.22 bits per heavy atom. The van der Waals surface area contributed by atoms with Crippen LogP contribution in [0.15, 0.2) is 28.7 Å². The molecule has 0 spiro atoms. The monoisotopic (exact) mass is 327 g/mol. The lowest BCUT2D eigenvalue weighted by atomic mass is 10.2. The number of nitrogens with zero attached hydrogens (tertiary/aromatic N) is 1. The molecule has 4 nitrogen and oxygen atoms in total. The summed E-state index contributed by atoms with van der Waals surface area (Å²) in [6, 6.07) is 7.57. The summed E-state index contributed by atoms with van der Waals surface area (Å²) in [5.41, 5.74) is 1.34. The van der Waals surface area contributed by atoms with Gasteiger partial charge in [0.05, 0.1) is 12.3 Å². The van der Waals surface area contributed by atoms with E-state index in [4.69, 9.17) is 9.84 Å². The molecule has 0 amide bonds. The van der Waals surface area contributed by atoms with Crippen molar-refractivity contribution in [1.82, 2.24) is 4.98 Å². The minimum absolute atomic E-state index is 0.197. The molecule has 0 fully saturated rings. The number of carboxylic acid groups (broad SMARTS) is 1. The maximum Gasteiger partial charge on any atom is 0.347 e. The minimum atomic E-state index is -0.974. The minimum Gasteiger partial charge on any atom is -0.477 e. The van der Waals surface area contributed by atoms with Crippen LogP contribution in [0.4, 0.5) is 0 Å². The lowest BCUT2D eigenvalue weighted by molar-refractivity contribution is 0.0697. The van der Waals surface area contributed by atoms with Gasteiger partial charge in [-0.3, -0.25) is 0 Å². The number of aromatic carboxylic acids is 1. The van der Waals surface area contributed by atoms with Crippen LogP contribution < -0.4 is 0 Å². The lowest BCUT2D eigenvalue weighted by Crippen LogP contribution is -1.99. The summed E-state index contributed by atoms with van der Waals surface area (Å²) in [7, 11) is 1.52. The number of carbonyl (C=O) groups is 1. The lowest BCUT2D eigenvalue weighted by Gasteiger charge is -1.98. The molecular weight excluding hydrogens is 318 g/mol. The number of benzene rings is 1. The van der Waals surface area contributed by atoms with Crippen LogP contribution in [0.25, 0.3) is 10.6 Å². The van der Waals surface area contributed by atoms with E-state index in [1.54, 1.807) is 0 Å². The molecule has 2 aromatic rings. The maximum absolute atomic E-state index is 11.1. The topological polar surface area (TPSA) is 59.4 Å². The van der Waals surface area contributed by atoms with Crippen LogP contribution in [-0.2, 0) is 11.3 Å². The van der Waals surface area contributed by atoms with E-state index in [9.17, 15) is 4.79 Å². The van der Waals surface area contributed by atoms with Crippen LogP contribution in [0, 0.1) is 0 Å². The van der Waals surface area contributed by atoms with E-state index in [0.29, 0.717) is 10.7 Å². The summed E-state index contributed by atoms with van der Waals surface area (Å²) >= 11 is 4.58. The highest BCUT2D eigenvalue weighted by Gasteiger charge is 2.18. The number of ether oxygens (including phenoxy) is 1. The third kappa shape index (κ3) is 2.60. The van der Waals surface area contributed by atoms with Crippen LogP contribution in [0.1, 0.15) is 15.4 Å². The van der Waals surface area contributed by atoms with Gasteiger partial charge < -0.3 is 9.84 Å². The molecule has 1 aromatic carbocycles. The molecule has 0 aliphatic rings. The van der Waals surface area contributed by atoms with Gasteiger partial charge in [-0.2, -0.15) is 0 Å². The predicted molar refractivity (Wildman–Crippen MR) is 72.9 cm³/mol. The van der Waals surface area contributed by atoms with Gasteiger partial charge in [0.1, 0.15) is 9.88 Å². The predicted octanol–water partition coefficient (Wildman–Crippen LogP) is 3.42. The Morgan fingerprint density at radius 1 is 1.50 bits per heavy atom. The van der Waals surface area contributed by atoms with Crippen LogP contribution in [0.5, 0.6) is 0 Å². The highest BCUT2D eigenvalue weighted by molar-refractivity contribution is 9.10. The van der Waals surface area contributed by atoms with Crippen LogP contribution in [-0.4, -0.2) is 23.2 Å². The molecule has 0 saturated carbocycles. The van der Waals surface area contributed by atoms with Crippen molar-refractivity contribution in [1.29, 1.82) is 0 Å². The van der Waals surface area contributed by atoms with Crippen molar-refractivity contribution in [3.63, 3.8) is 0 Å². The fourth-order valence-electron chi connectivity index (χ4n) is 1.50. The Kier molecular flexibility index (Phi) is 4.11. The Bertz CT molecular complexity index is 582. The number of hydrogen-bond donors (Lipinski definition) is 1. The SMILES string of the molecule is COCc1nc(-c2ccccc2Br)sc1C(=O)O. The number of rotatable bonds is 4. The highest BCUT2D eigenvalue weighted by Crippen LogP contribution is 2.33. The molecule has 6 heteroatoms. The maximum atomic E-state index is 11.1. The smallest absolute Gasteiger partial charge is 0.347 e. The van der Waals surface area contributed by atoms with Gasteiger partial charge in [0.2, 0.25) is 0 Å². The van der Waals surface area contributed by atoms with E-state index in [0.717, 1.165) is 21.4 Å². The third-order valence-electron chi connectivity index (χ3n) is 2.28. The zero-order valence-corrected chi connectivity index (χ0v) is 11.9. The molecule has 2 rings (SSSR count). The first-order valence-electron chi connectivity index (χ1n) is 5.10. The average Bonchev–Trinajstić information content (AvgIpc) is 2.74. The molecule has 1 aromatic heterocycles. The van der Waals surface area contributed by atoms with Crippen molar-refractivity contribution in [3.05, 3.63) is 39.3 Å². The quantitative estimate of drug-likeness (QED) is 0.934. The molecule has 0 radical (unpaired) electrons. The first-order chi connectivity index (χ1) is 8.63. The largest absolute Gasteiger partial charge is 0.477 e. The Morgan fingerprint density at radius 3 is 2.83 bits per heavy atom. The number of hydrogen-bond acceptors (Lipinski definition) is 4. The highest BCUT2D eigenvalue weighted by atomic mass is 79.9. The van der Waals surface area contributed by atoms with Crippen LogP contribution in [0.3, 0.4) is 0 Å². The second kappa shape index (κ2) is 5.60. The molecule has 0 bridgehead atoms. The summed E-state index contributed by atoms with van der Waals surface area (Å²) in [5, 5.41) is 9.80. The van der Waals surface area contributed by atoms with Gasteiger partial charge >= 0.3 is 5.97 Å². The fraction of sp³-hybridized carbons (Fsp3) is 0.167. The Balaban J connectivity index is 2.50. The number of aromatic nitrogens is 1. The summed E-state index contributed by atoms with van der Waals surface area (Å²) in [6.07, 6.45) is 0. The Hall–Kier alpha value is -1.24. The Labute approximate surface area is 116 Å². The summed E-state index contributed by atoms with van der Waals surface area (Å²) < 4.78 is 5.86. The molecule has 0 saturated heterocycles. The van der Waals surface area contributed by atoms with Crippen molar-refractivity contribution < 1.29 is 14.6 Å². The van der Waals surface area contributed by atoms with E-state index in [1.807, 2.05) is 24.3 Å². The van der Waals surface area contributed by atoms with E-state index < -0.39 is 5.97 Å². The van der Waals surface area contributed by atoms with Crippen molar-refractivity contribution in [2.24, 2.45) is 0 Å². The second-order valence-corrected chi connectivity index (χ2v) is 5.37. The third-order valence-corrected chi connectivity index (χ3v) is 4.09. The average molecular weight is 328 g/mol. The normalized spacial score (nSPS) is 10.6. The van der Waals surface area contributed by atoms with Gasteiger partial charge in [-0.15, -0.1) is 11.3 Å². The van der Waals surface area contributed by atoms with Gasteiger partial charge in [0.15, 0.2) is 0 Å². The number of halogens is 1. The van der Waals surface area contributed by atoms with Gasteiger partial charge in [0, 0.05) is 17.1 Å². The summed E-state index contributed by atoms with van der Waals surface area (Å²) in [6.45, 7) is 0.197. The molecule has 0 unspecified atom stereocenters. The van der Waals surface area contributed by atoms with E-state index in [2.05, 4.69) is 20.9 Å². The van der Waals surface area contributed by atoms with Gasteiger partial charge in [0.25, 0.3) is 0 Å². The molecule has 18 heavy (non-hydrogen) atoms. The molecule has 94 valence electrons. The fourth-order valence-corrected chi connectivity index (χ4v) is 3.05. The number of carboxylic acids is 1. The number of thiazole rings is 1.